The minimum atomic E-state index is -1.32. The summed E-state index contributed by atoms with van der Waals surface area (Å²) in [5.74, 6) is -2.16. The molecule has 106 valence electrons. The van der Waals surface area contributed by atoms with Crippen LogP contribution in [0, 0.1) is 21.7 Å². The minimum absolute atomic E-state index is 0.130. The second-order valence-electron chi connectivity index (χ2n) is 4.30. The zero-order chi connectivity index (χ0) is 14.6. The first-order valence-corrected chi connectivity index (χ1v) is 6.75. The molecule has 1 aromatic carbocycles. The Kier molecular flexibility index (Phi) is 5.07. The lowest BCUT2D eigenvalue weighted by Gasteiger charge is -2.23. The van der Waals surface area contributed by atoms with Crippen LogP contribution in [0.15, 0.2) is 12.1 Å². The fraction of sp³-hybridized carbons (Fsp3) is 0.455. The molecule has 0 heterocycles. The number of benzene rings is 1. The molecule has 1 aromatic rings. The number of thioether (sulfide) groups is 1. The second-order valence-corrected chi connectivity index (χ2v) is 5.16. The molecule has 19 heavy (non-hydrogen) atoms. The fourth-order valence-corrected chi connectivity index (χ4v) is 2.23. The van der Waals surface area contributed by atoms with Crippen LogP contribution in [0.4, 0.5) is 20.2 Å². The Morgan fingerprint density at radius 2 is 2.16 bits per heavy atom. The summed E-state index contributed by atoms with van der Waals surface area (Å²) in [5, 5.41) is 23.1. The van der Waals surface area contributed by atoms with Gasteiger partial charge in [0.15, 0.2) is 17.3 Å². The lowest BCUT2D eigenvalue weighted by molar-refractivity contribution is -0.384. The highest BCUT2D eigenvalue weighted by Crippen LogP contribution is 2.29. The highest BCUT2D eigenvalue weighted by atomic mass is 32.2. The van der Waals surface area contributed by atoms with Crippen molar-refractivity contribution in [1.29, 1.82) is 0 Å². The van der Waals surface area contributed by atoms with Gasteiger partial charge in [0.25, 0.3) is 5.69 Å². The van der Waals surface area contributed by atoms with E-state index >= 15 is 0 Å². The Hall–Kier alpha value is -1.41. The topological polar surface area (TPSA) is 75.4 Å². The molecule has 0 saturated heterocycles. The number of hydrogen-bond acceptors (Lipinski definition) is 5. The van der Waals surface area contributed by atoms with E-state index in [1.165, 1.54) is 18.7 Å². The van der Waals surface area contributed by atoms with E-state index in [-0.39, 0.29) is 6.54 Å². The molecule has 0 fully saturated rings. The lowest BCUT2D eigenvalue weighted by Crippen LogP contribution is -2.36. The zero-order valence-corrected chi connectivity index (χ0v) is 11.3. The summed E-state index contributed by atoms with van der Waals surface area (Å²) in [4.78, 5) is 9.93. The van der Waals surface area contributed by atoms with Gasteiger partial charge in [-0.2, -0.15) is 11.8 Å². The first kappa shape index (κ1) is 15.6. The van der Waals surface area contributed by atoms with Gasteiger partial charge in [-0.25, -0.2) is 8.78 Å². The van der Waals surface area contributed by atoms with Crippen LogP contribution in [0.25, 0.3) is 0 Å². The van der Waals surface area contributed by atoms with Crippen LogP contribution >= 0.6 is 11.8 Å². The molecule has 0 bridgehead atoms. The third-order valence-electron chi connectivity index (χ3n) is 2.37. The van der Waals surface area contributed by atoms with Crippen LogP contribution in [-0.4, -0.2) is 34.2 Å². The molecular formula is C11H14F2N2O3S. The standard InChI is InChI=1S/C11H14F2N2O3S/c1-11(16,6-19-2)5-14-10-8(15(17)18)4-3-7(12)9(10)13/h3-4,14,16H,5-6H2,1-2H3. The normalized spacial score (nSPS) is 13.9. The van der Waals surface area contributed by atoms with Gasteiger partial charge in [0.1, 0.15) is 0 Å². The summed E-state index contributed by atoms with van der Waals surface area (Å²) < 4.78 is 26.6. The summed E-state index contributed by atoms with van der Waals surface area (Å²) in [7, 11) is 0. The predicted molar refractivity (Wildman–Crippen MR) is 70.5 cm³/mol. The maximum atomic E-state index is 13.6. The number of nitro benzene ring substituents is 1. The number of nitrogens with zero attached hydrogens (tertiary/aromatic N) is 1. The monoisotopic (exact) mass is 292 g/mol. The van der Waals surface area contributed by atoms with Crippen molar-refractivity contribution in [2.75, 3.05) is 23.9 Å². The number of hydrogen-bond donors (Lipinski definition) is 2. The summed E-state index contributed by atoms with van der Waals surface area (Å²) in [6.45, 7) is 1.37. The Morgan fingerprint density at radius 3 is 2.68 bits per heavy atom. The summed E-state index contributed by atoms with van der Waals surface area (Å²) in [6, 6.07) is 1.57. The molecular weight excluding hydrogens is 278 g/mol. The quantitative estimate of drug-likeness (QED) is 0.622. The Bertz CT molecular complexity index is 483. The Labute approximate surface area is 113 Å². The maximum Gasteiger partial charge on any atom is 0.295 e. The van der Waals surface area contributed by atoms with Gasteiger partial charge in [-0.1, -0.05) is 0 Å². The summed E-state index contributed by atoms with van der Waals surface area (Å²) in [6.07, 6.45) is 1.78. The van der Waals surface area contributed by atoms with E-state index in [0.29, 0.717) is 11.8 Å². The molecule has 0 spiro atoms. The third-order valence-corrected chi connectivity index (χ3v) is 3.28. The molecule has 1 atom stereocenters. The van der Waals surface area contributed by atoms with Crippen molar-refractivity contribution in [3.05, 3.63) is 33.9 Å². The van der Waals surface area contributed by atoms with Crippen molar-refractivity contribution >= 4 is 23.1 Å². The molecule has 8 heteroatoms. The highest BCUT2D eigenvalue weighted by molar-refractivity contribution is 7.98. The molecule has 0 aliphatic heterocycles. The minimum Gasteiger partial charge on any atom is -0.387 e. The largest absolute Gasteiger partial charge is 0.387 e. The van der Waals surface area contributed by atoms with Crippen molar-refractivity contribution in [3.8, 4) is 0 Å². The molecule has 0 radical (unpaired) electrons. The summed E-state index contributed by atoms with van der Waals surface area (Å²) in [5.41, 5.74) is -2.31. The van der Waals surface area contributed by atoms with Gasteiger partial charge < -0.3 is 10.4 Å². The van der Waals surface area contributed by atoms with Crippen LogP contribution in [0.3, 0.4) is 0 Å². The van der Waals surface area contributed by atoms with Crippen molar-refractivity contribution in [3.63, 3.8) is 0 Å². The Balaban J connectivity index is 2.99. The van der Waals surface area contributed by atoms with E-state index in [0.717, 1.165) is 6.07 Å². The molecule has 0 amide bonds. The van der Waals surface area contributed by atoms with Crippen molar-refractivity contribution in [2.45, 2.75) is 12.5 Å². The third kappa shape index (κ3) is 4.03. The van der Waals surface area contributed by atoms with E-state index in [1.54, 1.807) is 6.26 Å². The van der Waals surface area contributed by atoms with E-state index in [4.69, 9.17) is 0 Å². The van der Waals surface area contributed by atoms with Crippen LogP contribution in [0.2, 0.25) is 0 Å². The Morgan fingerprint density at radius 1 is 1.53 bits per heavy atom. The number of nitro groups is 1. The van der Waals surface area contributed by atoms with E-state index in [9.17, 15) is 24.0 Å². The predicted octanol–water partition coefficient (Wildman–Crippen LogP) is 2.40. The molecule has 0 aliphatic rings. The van der Waals surface area contributed by atoms with Gasteiger partial charge in [0, 0.05) is 18.4 Å². The van der Waals surface area contributed by atoms with Crippen molar-refractivity contribution in [1.82, 2.24) is 0 Å². The van der Waals surface area contributed by atoms with Gasteiger partial charge in [0.2, 0.25) is 0 Å². The highest BCUT2D eigenvalue weighted by Gasteiger charge is 2.25. The van der Waals surface area contributed by atoms with Gasteiger partial charge in [-0.05, 0) is 19.2 Å². The molecule has 0 aromatic heterocycles. The number of rotatable bonds is 6. The van der Waals surface area contributed by atoms with E-state index < -0.39 is 33.5 Å². The van der Waals surface area contributed by atoms with Gasteiger partial charge in [0.05, 0.1) is 10.5 Å². The maximum absolute atomic E-state index is 13.6. The number of nitrogens with one attached hydrogen (secondary N) is 1. The molecule has 2 N–H and O–H groups in total. The lowest BCUT2D eigenvalue weighted by atomic mass is 10.1. The molecule has 5 nitrogen and oxygen atoms in total. The van der Waals surface area contributed by atoms with Crippen LogP contribution in [0.5, 0.6) is 0 Å². The molecule has 1 rings (SSSR count). The number of halogens is 2. The smallest absolute Gasteiger partial charge is 0.295 e. The van der Waals surface area contributed by atoms with E-state index in [2.05, 4.69) is 5.32 Å². The second kappa shape index (κ2) is 6.16. The zero-order valence-electron chi connectivity index (χ0n) is 10.4. The number of anilines is 1. The number of aliphatic hydroxyl groups is 1. The van der Waals surface area contributed by atoms with Crippen LogP contribution in [-0.2, 0) is 0 Å². The van der Waals surface area contributed by atoms with Gasteiger partial charge in [-0.15, -0.1) is 0 Å². The molecule has 0 saturated carbocycles. The summed E-state index contributed by atoms with van der Waals surface area (Å²) >= 11 is 1.37. The van der Waals surface area contributed by atoms with Crippen molar-refractivity contribution in [2.24, 2.45) is 0 Å². The van der Waals surface area contributed by atoms with E-state index in [1.807, 2.05) is 0 Å². The average molecular weight is 292 g/mol. The van der Waals surface area contributed by atoms with Crippen LogP contribution < -0.4 is 5.32 Å². The average Bonchev–Trinajstić information content (AvgIpc) is 2.30. The first-order valence-electron chi connectivity index (χ1n) is 5.36. The van der Waals surface area contributed by atoms with Gasteiger partial charge >= 0.3 is 0 Å². The first-order chi connectivity index (χ1) is 8.78. The van der Waals surface area contributed by atoms with Gasteiger partial charge in [-0.3, -0.25) is 10.1 Å². The molecule has 0 aliphatic carbocycles. The van der Waals surface area contributed by atoms with Crippen molar-refractivity contribution < 1.29 is 18.8 Å². The van der Waals surface area contributed by atoms with Crippen LogP contribution in [0.1, 0.15) is 6.92 Å². The fourth-order valence-electron chi connectivity index (χ4n) is 1.50. The molecule has 1 unspecified atom stereocenters. The SMILES string of the molecule is CSCC(C)(O)CNc1c([N+](=O)[O-])ccc(F)c1F.